The number of hydrogen-bond donors (Lipinski definition) is 0. The summed E-state index contributed by atoms with van der Waals surface area (Å²) in [7, 11) is 0. The molecule has 2 rings (SSSR count). The van der Waals surface area contributed by atoms with Crippen LogP contribution in [-0.4, -0.2) is 11.8 Å². The molecule has 25 heavy (non-hydrogen) atoms. The third-order valence-corrected chi connectivity index (χ3v) is 6.24. The summed E-state index contributed by atoms with van der Waals surface area (Å²) in [6.45, 7) is 4.23. The lowest BCUT2D eigenvalue weighted by molar-refractivity contribution is -0.0597. The van der Waals surface area contributed by atoms with Crippen LogP contribution in [0.15, 0.2) is 57.5 Å². The predicted molar refractivity (Wildman–Crippen MR) is 115 cm³/mol. The van der Waals surface area contributed by atoms with Crippen LogP contribution in [0.3, 0.4) is 0 Å². The topological polar surface area (TPSA) is 9.23 Å². The molecule has 0 bridgehead atoms. The lowest BCUT2D eigenvalue weighted by atomic mass is 9.95. The van der Waals surface area contributed by atoms with Crippen molar-refractivity contribution in [2.45, 2.75) is 26.1 Å². The van der Waals surface area contributed by atoms with E-state index in [-0.39, 0.29) is 24.0 Å². The number of ether oxygens (including phenoxy) is 1. The van der Waals surface area contributed by atoms with Gasteiger partial charge in [0.15, 0.2) is 0 Å². The van der Waals surface area contributed by atoms with Crippen molar-refractivity contribution in [3.8, 4) is 0 Å². The van der Waals surface area contributed by atoms with Crippen LogP contribution in [0, 0.1) is 11.8 Å². The van der Waals surface area contributed by atoms with Crippen molar-refractivity contribution in [1.29, 1.82) is 0 Å². The molecule has 0 aromatic heterocycles. The van der Waals surface area contributed by atoms with Gasteiger partial charge in [0, 0.05) is 32.5 Å². The summed E-state index contributed by atoms with van der Waals surface area (Å²) >= 11 is 19.3. The number of halogens is 4. The van der Waals surface area contributed by atoms with Crippen LogP contribution >= 0.6 is 55.1 Å². The maximum Gasteiger partial charge on any atom is 0.0870 e. The minimum atomic E-state index is -0.0927. The van der Waals surface area contributed by atoms with Crippen molar-refractivity contribution < 1.29 is 4.74 Å². The van der Waals surface area contributed by atoms with Gasteiger partial charge in [-0.05, 0) is 35.4 Å². The van der Waals surface area contributed by atoms with Crippen molar-refractivity contribution in [2.75, 3.05) is 11.8 Å². The Morgan fingerprint density at radius 2 is 1.04 bits per heavy atom. The molecule has 4 unspecified atom stereocenters. The third kappa shape index (κ3) is 5.97. The van der Waals surface area contributed by atoms with Gasteiger partial charge in [-0.2, -0.15) is 0 Å². The number of benzene rings is 2. The Kier molecular flexibility index (Phi) is 8.77. The largest absolute Gasteiger partial charge is 0.365 e. The molecule has 0 saturated carbocycles. The van der Waals surface area contributed by atoms with E-state index in [1.54, 1.807) is 0 Å². The second-order valence-electron chi connectivity index (χ2n) is 6.34. The highest BCUT2D eigenvalue weighted by atomic mass is 79.9. The van der Waals surface area contributed by atoms with Crippen LogP contribution < -0.4 is 0 Å². The fourth-order valence-corrected chi connectivity index (χ4v) is 3.56. The average Bonchev–Trinajstić information content (AvgIpc) is 2.63. The SMILES string of the molecule is CC(CCl)C(OC(c1ccc(Br)cc1)C(C)CCl)c1ccc(Br)cc1. The first-order valence-electron chi connectivity index (χ1n) is 8.24. The number of hydrogen-bond acceptors (Lipinski definition) is 1. The normalized spacial score (nSPS) is 16.2. The van der Waals surface area contributed by atoms with Gasteiger partial charge in [0.1, 0.15) is 0 Å². The van der Waals surface area contributed by atoms with Crippen LogP contribution in [0.1, 0.15) is 37.2 Å². The number of alkyl halides is 2. The molecular formula is C20H22Br2Cl2O. The van der Waals surface area contributed by atoms with Gasteiger partial charge in [-0.3, -0.25) is 0 Å². The van der Waals surface area contributed by atoms with E-state index in [0.717, 1.165) is 20.1 Å². The molecule has 0 aliphatic rings. The van der Waals surface area contributed by atoms with E-state index in [9.17, 15) is 0 Å². The quantitative estimate of drug-likeness (QED) is 0.331. The van der Waals surface area contributed by atoms with E-state index in [2.05, 4.69) is 70.0 Å². The van der Waals surface area contributed by atoms with E-state index in [1.165, 1.54) is 0 Å². The first kappa shape index (κ1) is 21.2. The monoisotopic (exact) mass is 506 g/mol. The maximum absolute atomic E-state index is 6.61. The first-order chi connectivity index (χ1) is 12.0. The minimum Gasteiger partial charge on any atom is -0.365 e. The highest BCUT2D eigenvalue weighted by Gasteiger charge is 2.28. The predicted octanol–water partition coefficient (Wildman–Crippen LogP) is 7.76. The van der Waals surface area contributed by atoms with Gasteiger partial charge in [0.25, 0.3) is 0 Å². The van der Waals surface area contributed by atoms with E-state index < -0.39 is 0 Å². The molecule has 0 radical (unpaired) electrons. The van der Waals surface area contributed by atoms with E-state index in [4.69, 9.17) is 27.9 Å². The molecule has 0 aliphatic heterocycles. The van der Waals surface area contributed by atoms with E-state index in [0.29, 0.717) is 11.8 Å². The molecule has 0 saturated heterocycles. The van der Waals surface area contributed by atoms with Gasteiger partial charge >= 0.3 is 0 Å². The van der Waals surface area contributed by atoms with Crippen molar-refractivity contribution in [3.63, 3.8) is 0 Å². The molecule has 0 aliphatic carbocycles. The molecule has 5 heteroatoms. The van der Waals surface area contributed by atoms with Crippen molar-refractivity contribution in [2.24, 2.45) is 11.8 Å². The van der Waals surface area contributed by atoms with Crippen LogP contribution in [0.5, 0.6) is 0 Å². The molecule has 1 nitrogen and oxygen atoms in total. The van der Waals surface area contributed by atoms with E-state index in [1.807, 2.05) is 24.3 Å². The lowest BCUT2D eigenvalue weighted by Crippen LogP contribution is -2.22. The molecule has 2 aromatic carbocycles. The van der Waals surface area contributed by atoms with Gasteiger partial charge in [0.2, 0.25) is 0 Å². The van der Waals surface area contributed by atoms with Crippen molar-refractivity contribution in [3.05, 3.63) is 68.6 Å². The van der Waals surface area contributed by atoms with Crippen LogP contribution in [0.2, 0.25) is 0 Å². The second-order valence-corrected chi connectivity index (χ2v) is 8.79. The summed E-state index contributed by atoms with van der Waals surface area (Å²) in [5.74, 6) is 1.43. The summed E-state index contributed by atoms with van der Waals surface area (Å²) in [6.07, 6.45) is -0.185. The summed E-state index contributed by atoms with van der Waals surface area (Å²) < 4.78 is 8.70. The van der Waals surface area contributed by atoms with Gasteiger partial charge in [-0.15, -0.1) is 23.2 Å². The Labute approximate surface area is 177 Å². The Hall–Kier alpha value is -0.0600. The second kappa shape index (κ2) is 10.3. The smallest absolute Gasteiger partial charge is 0.0870 e. The van der Waals surface area contributed by atoms with Crippen LogP contribution in [0.4, 0.5) is 0 Å². The molecule has 0 amide bonds. The van der Waals surface area contributed by atoms with Gasteiger partial charge in [-0.1, -0.05) is 70.0 Å². The van der Waals surface area contributed by atoms with Crippen molar-refractivity contribution in [1.82, 2.24) is 0 Å². The Bertz CT molecular complexity index is 588. The Balaban J connectivity index is 2.34. The average molecular weight is 509 g/mol. The van der Waals surface area contributed by atoms with Gasteiger partial charge in [-0.25, -0.2) is 0 Å². The zero-order chi connectivity index (χ0) is 18.4. The molecule has 0 N–H and O–H groups in total. The molecule has 0 fully saturated rings. The summed E-state index contributed by atoms with van der Waals surface area (Å²) in [5.41, 5.74) is 2.25. The first-order valence-corrected chi connectivity index (χ1v) is 10.9. The molecule has 136 valence electrons. The number of rotatable bonds is 8. The highest BCUT2D eigenvalue weighted by Crippen LogP contribution is 2.37. The molecular weight excluding hydrogens is 487 g/mol. The van der Waals surface area contributed by atoms with Gasteiger partial charge < -0.3 is 4.74 Å². The van der Waals surface area contributed by atoms with Gasteiger partial charge in [0.05, 0.1) is 12.2 Å². The fourth-order valence-electron chi connectivity index (χ4n) is 2.71. The van der Waals surface area contributed by atoms with E-state index >= 15 is 0 Å². The molecule has 2 aromatic rings. The molecule has 0 heterocycles. The summed E-state index contributed by atoms with van der Waals surface area (Å²) in [4.78, 5) is 0. The molecule has 0 spiro atoms. The van der Waals surface area contributed by atoms with Crippen LogP contribution in [0.25, 0.3) is 0 Å². The minimum absolute atomic E-state index is 0.0927. The summed E-state index contributed by atoms with van der Waals surface area (Å²) in [5, 5.41) is 0. The Morgan fingerprint density at radius 3 is 1.32 bits per heavy atom. The zero-order valence-corrected chi connectivity index (χ0v) is 18.9. The standard InChI is InChI=1S/C20H22Br2Cl2O/c1-13(11-23)19(15-3-7-17(21)8-4-15)25-20(14(2)12-24)16-5-9-18(22)10-6-16/h3-10,13-14,19-20H,11-12H2,1-2H3. The Morgan fingerprint density at radius 1 is 0.720 bits per heavy atom. The third-order valence-electron chi connectivity index (χ3n) is 4.21. The zero-order valence-electron chi connectivity index (χ0n) is 14.3. The van der Waals surface area contributed by atoms with Crippen LogP contribution in [-0.2, 0) is 4.74 Å². The highest BCUT2D eigenvalue weighted by molar-refractivity contribution is 9.10. The molecule has 4 atom stereocenters. The lowest BCUT2D eigenvalue weighted by Gasteiger charge is -2.32. The maximum atomic E-state index is 6.61. The fraction of sp³-hybridized carbons (Fsp3) is 0.400. The van der Waals surface area contributed by atoms with Crippen molar-refractivity contribution >= 4 is 55.1 Å². The summed E-state index contributed by atoms with van der Waals surface area (Å²) in [6, 6.07) is 16.5.